The van der Waals surface area contributed by atoms with E-state index < -0.39 is 14.1 Å². The molecule has 0 spiro atoms. The van der Waals surface area contributed by atoms with Gasteiger partial charge < -0.3 is 15.1 Å². The molecule has 0 aromatic heterocycles. The molecule has 0 saturated carbocycles. The molecule has 7 heteroatoms. The molecule has 1 atom stereocenters. The minimum absolute atomic E-state index is 0.444. The summed E-state index contributed by atoms with van der Waals surface area (Å²) >= 11 is 0. The summed E-state index contributed by atoms with van der Waals surface area (Å²) in [7, 11) is -4.45. The number of hydrogen-bond donors (Lipinski definition) is 4. The van der Waals surface area contributed by atoms with Crippen molar-refractivity contribution in [2.75, 3.05) is 19.6 Å². The lowest BCUT2D eigenvalue weighted by Crippen LogP contribution is -2.31. The first-order valence-corrected chi connectivity index (χ1v) is 7.42. The van der Waals surface area contributed by atoms with Crippen molar-refractivity contribution in [2.24, 2.45) is 0 Å². The zero-order valence-electron chi connectivity index (χ0n) is 10.5. The highest BCUT2D eigenvalue weighted by molar-refractivity contribution is 7.46. The van der Waals surface area contributed by atoms with E-state index in [0.717, 1.165) is 25.9 Å². The highest BCUT2D eigenvalue weighted by atomic mass is 31.2. The summed E-state index contributed by atoms with van der Waals surface area (Å²) < 4.78 is 15.4. The summed E-state index contributed by atoms with van der Waals surface area (Å²) in [5.74, 6) is 0. The van der Waals surface area contributed by atoms with Crippen molar-refractivity contribution in [3.05, 3.63) is 25.3 Å². The molecule has 18 heavy (non-hydrogen) atoms. The van der Waals surface area contributed by atoms with Crippen LogP contribution in [0.3, 0.4) is 0 Å². The van der Waals surface area contributed by atoms with E-state index >= 15 is 0 Å². The van der Waals surface area contributed by atoms with Crippen LogP contribution in [0.5, 0.6) is 0 Å². The van der Waals surface area contributed by atoms with Crippen LogP contribution in [0.2, 0.25) is 0 Å². The van der Waals surface area contributed by atoms with Crippen LogP contribution in [0.4, 0.5) is 0 Å². The molecule has 106 valence electrons. The fraction of sp³-hybridized carbons (Fsp3) is 0.636. The Hall–Kier alpha value is -0.490. The van der Waals surface area contributed by atoms with E-state index in [2.05, 4.69) is 28.3 Å². The van der Waals surface area contributed by atoms with E-state index in [4.69, 9.17) is 9.79 Å². The molecule has 0 aromatic carbocycles. The fourth-order valence-corrected chi connectivity index (χ4v) is 1.87. The van der Waals surface area contributed by atoms with Gasteiger partial charge in [-0.1, -0.05) is 12.2 Å². The Bertz CT molecular complexity index is 280. The average Bonchev–Trinajstić information content (AvgIpc) is 2.28. The molecule has 0 aromatic rings. The number of unbranched alkanes of at least 4 members (excludes halogenated alkanes) is 1. The van der Waals surface area contributed by atoms with Gasteiger partial charge in [0.25, 0.3) is 0 Å². The van der Waals surface area contributed by atoms with Gasteiger partial charge in [0.1, 0.15) is 6.23 Å². The lowest BCUT2D eigenvalue weighted by atomic mass is 10.2. The van der Waals surface area contributed by atoms with E-state index in [-0.39, 0.29) is 0 Å². The van der Waals surface area contributed by atoms with Crippen LogP contribution < -0.4 is 10.6 Å². The van der Waals surface area contributed by atoms with Crippen molar-refractivity contribution in [3.8, 4) is 0 Å². The normalized spacial score (nSPS) is 13.2. The van der Waals surface area contributed by atoms with Gasteiger partial charge in [0.15, 0.2) is 0 Å². The van der Waals surface area contributed by atoms with E-state index in [1.807, 2.05) is 0 Å². The standard InChI is InChI=1S/C11H23N2O4P/c1-3-8-12-10-6-5-7-11(13-9-4-2)17-18(14,15)16/h3-4,11-13H,1-2,5-10H2,(H2,14,15,16). The third kappa shape index (κ3) is 12.0. The molecule has 0 radical (unpaired) electrons. The summed E-state index contributed by atoms with van der Waals surface area (Å²) in [4.78, 5) is 17.5. The number of nitrogens with one attached hydrogen (secondary N) is 2. The minimum atomic E-state index is -4.45. The van der Waals surface area contributed by atoms with Gasteiger partial charge in [0.2, 0.25) is 0 Å². The smallest absolute Gasteiger partial charge is 0.313 e. The molecule has 0 fully saturated rings. The fourth-order valence-electron chi connectivity index (χ4n) is 1.36. The van der Waals surface area contributed by atoms with Gasteiger partial charge in [0.05, 0.1) is 0 Å². The Labute approximate surface area is 108 Å². The highest BCUT2D eigenvalue weighted by Gasteiger charge is 2.20. The summed E-state index contributed by atoms with van der Waals surface area (Å²) in [6.07, 6.45) is 4.99. The van der Waals surface area contributed by atoms with Crippen molar-refractivity contribution in [2.45, 2.75) is 25.5 Å². The van der Waals surface area contributed by atoms with Gasteiger partial charge in [-0.25, -0.2) is 4.57 Å². The predicted octanol–water partition coefficient (Wildman–Crippen LogP) is 1.14. The summed E-state index contributed by atoms with van der Waals surface area (Å²) in [6.45, 7) is 9.17. The molecule has 1 unspecified atom stereocenters. The topological polar surface area (TPSA) is 90.8 Å². The summed E-state index contributed by atoms with van der Waals surface area (Å²) in [5, 5.41) is 6.01. The third-order valence-electron chi connectivity index (χ3n) is 2.11. The first-order chi connectivity index (χ1) is 8.49. The molecule has 0 aliphatic carbocycles. The molecular formula is C11H23N2O4P. The van der Waals surface area contributed by atoms with Crippen molar-refractivity contribution >= 4 is 7.82 Å². The average molecular weight is 278 g/mol. The third-order valence-corrected chi connectivity index (χ3v) is 2.64. The van der Waals surface area contributed by atoms with Crippen LogP contribution >= 0.6 is 7.82 Å². The Kier molecular flexibility index (Phi) is 10.2. The van der Waals surface area contributed by atoms with Gasteiger partial charge in [-0.15, -0.1) is 13.2 Å². The molecule has 0 heterocycles. The molecule has 4 N–H and O–H groups in total. The van der Waals surface area contributed by atoms with Gasteiger partial charge in [0, 0.05) is 13.1 Å². The Morgan fingerprint density at radius 2 is 1.89 bits per heavy atom. The van der Waals surface area contributed by atoms with Crippen LogP contribution in [-0.2, 0) is 9.09 Å². The quantitative estimate of drug-likeness (QED) is 0.185. The maximum Gasteiger partial charge on any atom is 0.471 e. The lowest BCUT2D eigenvalue weighted by molar-refractivity contribution is 0.103. The maximum absolute atomic E-state index is 10.8. The maximum atomic E-state index is 10.8. The van der Waals surface area contributed by atoms with Crippen LogP contribution in [-0.4, -0.2) is 35.6 Å². The predicted molar refractivity (Wildman–Crippen MR) is 72.0 cm³/mol. The Morgan fingerprint density at radius 1 is 1.22 bits per heavy atom. The van der Waals surface area contributed by atoms with Crippen LogP contribution in [0.1, 0.15) is 19.3 Å². The van der Waals surface area contributed by atoms with E-state index in [0.29, 0.717) is 13.0 Å². The molecule has 0 bridgehead atoms. The summed E-state index contributed by atoms with van der Waals surface area (Å²) in [5.41, 5.74) is 0. The molecule has 0 amide bonds. The minimum Gasteiger partial charge on any atom is -0.313 e. The van der Waals surface area contributed by atoms with Gasteiger partial charge in [-0.2, -0.15) is 0 Å². The number of phosphoric acid groups is 1. The van der Waals surface area contributed by atoms with Crippen molar-refractivity contribution in [1.82, 2.24) is 10.6 Å². The Balaban J connectivity index is 3.82. The zero-order valence-corrected chi connectivity index (χ0v) is 11.4. The second kappa shape index (κ2) is 10.4. The zero-order chi connectivity index (χ0) is 13.9. The lowest BCUT2D eigenvalue weighted by Gasteiger charge is -2.18. The van der Waals surface area contributed by atoms with Crippen molar-refractivity contribution in [1.29, 1.82) is 0 Å². The van der Waals surface area contributed by atoms with Gasteiger partial charge in [-0.05, 0) is 25.8 Å². The van der Waals surface area contributed by atoms with Crippen molar-refractivity contribution < 1.29 is 18.9 Å². The van der Waals surface area contributed by atoms with E-state index in [1.54, 1.807) is 12.2 Å². The number of rotatable bonds is 12. The van der Waals surface area contributed by atoms with Crippen molar-refractivity contribution in [3.63, 3.8) is 0 Å². The first kappa shape index (κ1) is 17.5. The van der Waals surface area contributed by atoms with Gasteiger partial charge in [-0.3, -0.25) is 9.84 Å². The molecule has 6 nitrogen and oxygen atoms in total. The second-order valence-electron chi connectivity index (χ2n) is 3.77. The monoisotopic (exact) mass is 278 g/mol. The van der Waals surface area contributed by atoms with E-state index in [9.17, 15) is 4.57 Å². The van der Waals surface area contributed by atoms with Crippen LogP contribution in [0.25, 0.3) is 0 Å². The first-order valence-electron chi connectivity index (χ1n) is 5.89. The SMILES string of the molecule is C=CCNCCCCC(NCC=C)OP(=O)(O)O. The molecule has 0 rings (SSSR count). The van der Waals surface area contributed by atoms with Crippen LogP contribution in [0.15, 0.2) is 25.3 Å². The largest absolute Gasteiger partial charge is 0.471 e. The van der Waals surface area contributed by atoms with Crippen LogP contribution in [0, 0.1) is 0 Å². The van der Waals surface area contributed by atoms with Gasteiger partial charge >= 0.3 is 7.82 Å². The second-order valence-corrected chi connectivity index (χ2v) is 4.96. The molecule has 0 aliphatic rings. The number of hydrogen-bond acceptors (Lipinski definition) is 4. The molecular weight excluding hydrogens is 255 g/mol. The Morgan fingerprint density at radius 3 is 2.44 bits per heavy atom. The molecule has 0 saturated heterocycles. The molecule has 0 aliphatic heterocycles. The van der Waals surface area contributed by atoms with E-state index in [1.165, 1.54) is 0 Å². The highest BCUT2D eigenvalue weighted by Crippen LogP contribution is 2.37. The number of phosphoric ester groups is 1. The summed E-state index contributed by atoms with van der Waals surface area (Å²) in [6, 6.07) is 0.